The fourth-order valence-electron chi connectivity index (χ4n) is 0.609. The summed E-state index contributed by atoms with van der Waals surface area (Å²) in [5, 5.41) is 0. The summed E-state index contributed by atoms with van der Waals surface area (Å²) in [4.78, 5) is 20.4. The summed E-state index contributed by atoms with van der Waals surface area (Å²) in [6.45, 7) is 4.38. The molecule has 0 saturated heterocycles. The quantitative estimate of drug-likeness (QED) is 0.544. The van der Waals surface area contributed by atoms with Gasteiger partial charge in [-0.05, 0) is 13.3 Å². The van der Waals surface area contributed by atoms with E-state index in [0.29, 0.717) is 13.0 Å². The van der Waals surface area contributed by atoms with Crippen molar-refractivity contribution in [3.63, 3.8) is 0 Å². The summed E-state index contributed by atoms with van der Waals surface area (Å²) in [7, 11) is 1.30. The molecule has 0 fully saturated rings. The van der Waals surface area contributed by atoms with Gasteiger partial charge in [0, 0.05) is 6.42 Å². The highest BCUT2D eigenvalue weighted by Crippen LogP contribution is 1.95. The maximum absolute atomic E-state index is 10.6. The third-order valence-electron chi connectivity index (χ3n) is 1.38. The summed E-state index contributed by atoms with van der Waals surface area (Å²) in [5.74, 6) is -0.521. The van der Waals surface area contributed by atoms with E-state index in [9.17, 15) is 9.59 Å². The van der Waals surface area contributed by atoms with E-state index in [2.05, 4.69) is 11.7 Å². The Morgan fingerprint density at radius 2 is 1.80 bits per heavy atom. The van der Waals surface area contributed by atoms with E-state index in [1.165, 1.54) is 7.11 Å². The molecule has 90 valence electrons. The molecule has 0 heterocycles. The third-order valence-corrected chi connectivity index (χ3v) is 1.59. The van der Waals surface area contributed by atoms with Crippen molar-refractivity contribution >= 4 is 23.5 Å². The summed E-state index contributed by atoms with van der Waals surface area (Å²) >= 11 is 4.98. The van der Waals surface area contributed by atoms with Crippen LogP contribution >= 0.6 is 11.6 Å². The van der Waals surface area contributed by atoms with E-state index in [1.54, 1.807) is 0 Å². The zero-order chi connectivity index (χ0) is 12.1. The van der Waals surface area contributed by atoms with Crippen LogP contribution in [-0.2, 0) is 19.1 Å². The number of ether oxygens (including phenoxy) is 2. The van der Waals surface area contributed by atoms with Gasteiger partial charge in [-0.2, -0.15) is 0 Å². The summed E-state index contributed by atoms with van der Waals surface area (Å²) < 4.78 is 8.83. The van der Waals surface area contributed by atoms with Gasteiger partial charge in [-0.15, -0.1) is 11.6 Å². The van der Waals surface area contributed by atoms with E-state index in [-0.39, 0.29) is 11.8 Å². The first-order valence-corrected chi connectivity index (χ1v) is 5.44. The fraction of sp³-hybridized carbons (Fsp3) is 0.800. The van der Waals surface area contributed by atoms with Gasteiger partial charge < -0.3 is 9.47 Å². The average Bonchev–Trinajstić information content (AvgIpc) is 2.26. The van der Waals surface area contributed by atoms with Crippen LogP contribution in [0.15, 0.2) is 0 Å². The van der Waals surface area contributed by atoms with E-state index >= 15 is 0 Å². The van der Waals surface area contributed by atoms with Crippen LogP contribution in [0, 0.1) is 0 Å². The second-order valence-electron chi connectivity index (χ2n) is 2.62. The Hall–Kier alpha value is -0.770. The number of alkyl halides is 1. The van der Waals surface area contributed by atoms with Crippen molar-refractivity contribution < 1.29 is 19.1 Å². The lowest BCUT2D eigenvalue weighted by Crippen LogP contribution is -2.02. The first-order valence-electron chi connectivity index (χ1n) is 4.90. The highest BCUT2D eigenvalue weighted by molar-refractivity contribution is 6.26. The van der Waals surface area contributed by atoms with Crippen molar-refractivity contribution in [3.05, 3.63) is 0 Å². The molecule has 0 N–H and O–H groups in total. The first-order chi connectivity index (χ1) is 7.12. The van der Waals surface area contributed by atoms with Gasteiger partial charge in [-0.3, -0.25) is 9.59 Å². The van der Waals surface area contributed by atoms with Gasteiger partial charge in [0.1, 0.15) is 5.88 Å². The lowest BCUT2D eigenvalue weighted by Gasteiger charge is -1.97. The van der Waals surface area contributed by atoms with Crippen molar-refractivity contribution in [1.29, 1.82) is 0 Å². The molecule has 5 heteroatoms. The van der Waals surface area contributed by atoms with E-state index in [4.69, 9.17) is 16.3 Å². The van der Waals surface area contributed by atoms with E-state index < -0.39 is 5.97 Å². The van der Waals surface area contributed by atoms with Crippen molar-refractivity contribution in [2.75, 3.05) is 19.6 Å². The molecule has 0 aliphatic heterocycles. The number of unbranched alkanes of at least 4 members (excludes halogenated alkanes) is 1. The molecule has 0 aromatic rings. The predicted octanol–water partition coefficient (Wildman–Crippen LogP) is 2.14. The van der Waals surface area contributed by atoms with E-state index in [0.717, 1.165) is 12.8 Å². The fourth-order valence-corrected chi connectivity index (χ4v) is 0.718. The van der Waals surface area contributed by atoms with E-state index in [1.807, 2.05) is 6.92 Å². The topological polar surface area (TPSA) is 52.6 Å². The first kappa shape index (κ1) is 16.7. The number of carbonyl (C=O) groups is 2. The average molecular weight is 239 g/mol. The number of hydrogen-bond donors (Lipinski definition) is 0. The second kappa shape index (κ2) is 13.2. The number of rotatable bonds is 5. The summed E-state index contributed by atoms with van der Waals surface area (Å²) in [5.41, 5.74) is 0. The molecule has 4 nitrogen and oxygen atoms in total. The van der Waals surface area contributed by atoms with Gasteiger partial charge >= 0.3 is 11.9 Å². The molecule has 0 amide bonds. The summed E-state index contributed by atoms with van der Waals surface area (Å²) in [6.07, 6.45) is 2.57. The van der Waals surface area contributed by atoms with Gasteiger partial charge in [0.05, 0.1) is 13.7 Å². The number of hydrogen-bond acceptors (Lipinski definition) is 4. The molecule has 0 saturated carbocycles. The normalized spacial score (nSPS) is 8.53. The summed E-state index contributed by atoms with van der Waals surface area (Å²) in [6, 6.07) is 0. The molecule has 0 radical (unpaired) electrons. The van der Waals surface area contributed by atoms with Crippen LogP contribution in [0.25, 0.3) is 0 Å². The molecular weight excluding hydrogens is 220 g/mol. The molecule has 0 unspecified atom stereocenters. The minimum Gasteiger partial charge on any atom is -0.468 e. The number of carbonyl (C=O) groups excluding carboxylic acids is 2. The lowest BCUT2D eigenvalue weighted by atomic mass is 10.3. The molecule has 0 spiro atoms. The molecule has 0 aliphatic carbocycles. The van der Waals surface area contributed by atoms with Crippen molar-refractivity contribution in [3.8, 4) is 0 Å². The highest BCUT2D eigenvalue weighted by Gasteiger charge is 1.97. The zero-order valence-electron chi connectivity index (χ0n) is 9.55. The van der Waals surface area contributed by atoms with Crippen LogP contribution in [0.4, 0.5) is 0 Å². The number of halogens is 1. The Balaban J connectivity index is 0. The Morgan fingerprint density at radius 3 is 2.07 bits per heavy atom. The molecule has 0 aliphatic rings. The Morgan fingerprint density at radius 1 is 1.20 bits per heavy atom. The minimum atomic E-state index is -0.392. The molecule has 0 aromatic carbocycles. The zero-order valence-corrected chi connectivity index (χ0v) is 10.3. The van der Waals surface area contributed by atoms with Crippen LogP contribution in [0.2, 0.25) is 0 Å². The van der Waals surface area contributed by atoms with Crippen molar-refractivity contribution in [2.24, 2.45) is 0 Å². The number of methoxy groups -OCH3 is 1. The third kappa shape index (κ3) is 15.9. The molecule has 0 bridgehead atoms. The van der Waals surface area contributed by atoms with Gasteiger partial charge in [0.2, 0.25) is 0 Å². The second-order valence-corrected chi connectivity index (χ2v) is 2.89. The van der Waals surface area contributed by atoms with Gasteiger partial charge in [0.15, 0.2) is 0 Å². The maximum Gasteiger partial charge on any atom is 0.320 e. The van der Waals surface area contributed by atoms with Gasteiger partial charge in [0.25, 0.3) is 0 Å². The van der Waals surface area contributed by atoms with Crippen LogP contribution < -0.4 is 0 Å². The monoisotopic (exact) mass is 238 g/mol. The van der Waals surface area contributed by atoms with Crippen molar-refractivity contribution in [2.45, 2.75) is 33.1 Å². The number of esters is 2. The van der Waals surface area contributed by atoms with Gasteiger partial charge in [-0.25, -0.2) is 0 Å². The molecule has 0 aromatic heterocycles. The van der Waals surface area contributed by atoms with Crippen LogP contribution in [0.1, 0.15) is 33.1 Å². The van der Waals surface area contributed by atoms with Crippen LogP contribution in [0.3, 0.4) is 0 Å². The standard InChI is InChI=1S/C7H14O2.C3H5ClO2/c1-3-5-6-7(8)9-4-2;1-6-3(5)2-4/h3-6H2,1-2H3;2H2,1H3. The molecule has 15 heavy (non-hydrogen) atoms. The van der Waals surface area contributed by atoms with Crippen LogP contribution in [0.5, 0.6) is 0 Å². The molecule has 0 rings (SSSR count). The van der Waals surface area contributed by atoms with Gasteiger partial charge in [-0.1, -0.05) is 13.3 Å². The maximum atomic E-state index is 10.6. The van der Waals surface area contributed by atoms with Crippen molar-refractivity contribution in [1.82, 2.24) is 0 Å². The predicted molar refractivity (Wildman–Crippen MR) is 58.9 cm³/mol. The molecule has 0 atom stereocenters. The SMILES string of the molecule is CCCCC(=O)OCC.COC(=O)CCl. The Labute approximate surface area is 95.9 Å². The Kier molecular flexibility index (Phi) is 14.7. The van der Waals surface area contributed by atoms with Crippen LogP contribution in [-0.4, -0.2) is 31.5 Å². The largest absolute Gasteiger partial charge is 0.468 e. The lowest BCUT2D eigenvalue weighted by molar-refractivity contribution is -0.143. The minimum absolute atomic E-state index is 0.0590. The smallest absolute Gasteiger partial charge is 0.320 e. The Bertz CT molecular complexity index is 165. The molecular formula is C10H19ClO4. The highest BCUT2D eigenvalue weighted by atomic mass is 35.5.